The van der Waals surface area contributed by atoms with E-state index in [0.29, 0.717) is 5.56 Å². The number of benzene rings is 1. The van der Waals surface area contributed by atoms with Gasteiger partial charge in [-0.25, -0.2) is 8.78 Å². The van der Waals surface area contributed by atoms with E-state index < -0.39 is 17.6 Å². The van der Waals surface area contributed by atoms with Gasteiger partial charge in [0.05, 0.1) is 6.42 Å². The standard InChI is InChI=1S/C15H19F2NO3/c1-10(2)7-14(19)18(6-5-15(20)21)9-11-3-4-12(16)13(17)8-11/h3-4,8,10H,5-7,9H2,1-2H3,(H,20,21). The van der Waals surface area contributed by atoms with E-state index in [1.54, 1.807) is 0 Å². The van der Waals surface area contributed by atoms with Crippen molar-refractivity contribution >= 4 is 11.9 Å². The second-order valence-electron chi connectivity index (χ2n) is 5.31. The molecular weight excluding hydrogens is 280 g/mol. The second-order valence-corrected chi connectivity index (χ2v) is 5.31. The lowest BCUT2D eigenvalue weighted by Gasteiger charge is -2.23. The molecule has 0 radical (unpaired) electrons. The number of nitrogens with zero attached hydrogens (tertiary/aromatic N) is 1. The minimum Gasteiger partial charge on any atom is -0.481 e. The molecule has 0 unspecified atom stereocenters. The largest absolute Gasteiger partial charge is 0.481 e. The van der Waals surface area contributed by atoms with Gasteiger partial charge in [-0.2, -0.15) is 0 Å². The Labute approximate surface area is 122 Å². The molecule has 6 heteroatoms. The maximum absolute atomic E-state index is 13.2. The maximum Gasteiger partial charge on any atom is 0.305 e. The number of carboxylic acids is 1. The highest BCUT2D eigenvalue weighted by atomic mass is 19.2. The van der Waals surface area contributed by atoms with Crippen LogP contribution < -0.4 is 0 Å². The van der Waals surface area contributed by atoms with Gasteiger partial charge in [0.25, 0.3) is 0 Å². The Morgan fingerprint density at radius 1 is 1.24 bits per heavy atom. The van der Waals surface area contributed by atoms with E-state index in [0.717, 1.165) is 12.1 Å². The Bertz CT molecular complexity index is 518. The number of aliphatic carboxylic acids is 1. The highest BCUT2D eigenvalue weighted by Gasteiger charge is 2.17. The molecule has 0 bridgehead atoms. The van der Waals surface area contributed by atoms with E-state index in [1.165, 1.54) is 11.0 Å². The van der Waals surface area contributed by atoms with Gasteiger partial charge in [-0.05, 0) is 23.6 Å². The quantitative estimate of drug-likeness (QED) is 0.842. The Hall–Kier alpha value is -1.98. The third-order valence-corrected chi connectivity index (χ3v) is 2.89. The number of carboxylic acid groups (broad SMARTS) is 1. The van der Waals surface area contributed by atoms with Crippen LogP contribution in [0.5, 0.6) is 0 Å². The predicted molar refractivity (Wildman–Crippen MR) is 73.5 cm³/mol. The fraction of sp³-hybridized carbons (Fsp3) is 0.467. The molecule has 4 nitrogen and oxygen atoms in total. The van der Waals surface area contributed by atoms with E-state index in [-0.39, 0.29) is 37.8 Å². The molecular formula is C15H19F2NO3. The van der Waals surface area contributed by atoms with Gasteiger partial charge in [-0.3, -0.25) is 9.59 Å². The summed E-state index contributed by atoms with van der Waals surface area (Å²) in [6.45, 7) is 3.87. The van der Waals surface area contributed by atoms with Crippen molar-refractivity contribution in [2.45, 2.75) is 33.2 Å². The first-order valence-corrected chi connectivity index (χ1v) is 6.73. The van der Waals surface area contributed by atoms with Crippen molar-refractivity contribution in [1.82, 2.24) is 4.90 Å². The lowest BCUT2D eigenvalue weighted by molar-refractivity contribution is -0.139. The molecule has 1 rings (SSSR count). The van der Waals surface area contributed by atoms with Crippen LogP contribution in [0, 0.1) is 17.6 Å². The van der Waals surface area contributed by atoms with Gasteiger partial charge in [0.15, 0.2) is 11.6 Å². The van der Waals surface area contributed by atoms with Gasteiger partial charge < -0.3 is 10.0 Å². The van der Waals surface area contributed by atoms with Crippen LogP contribution in [0.15, 0.2) is 18.2 Å². The SMILES string of the molecule is CC(C)CC(=O)N(CCC(=O)O)Cc1ccc(F)c(F)c1. The average Bonchev–Trinajstić information content (AvgIpc) is 2.37. The maximum atomic E-state index is 13.2. The summed E-state index contributed by atoms with van der Waals surface area (Å²) in [5, 5.41) is 8.73. The summed E-state index contributed by atoms with van der Waals surface area (Å²) < 4.78 is 26.1. The topological polar surface area (TPSA) is 57.6 Å². The van der Waals surface area contributed by atoms with Crippen molar-refractivity contribution in [3.05, 3.63) is 35.4 Å². The zero-order chi connectivity index (χ0) is 16.0. The Balaban J connectivity index is 2.81. The third-order valence-electron chi connectivity index (χ3n) is 2.89. The van der Waals surface area contributed by atoms with E-state index in [2.05, 4.69) is 0 Å². The van der Waals surface area contributed by atoms with Crippen LogP contribution in [0.2, 0.25) is 0 Å². The molecule has 1 N–H and O–H groups in total. The molecule has 0 aliphatic carbocycles. The fourth-order valence-electron chi connectivity index (χ4n) is 1.86. The number of rotatable bonds is 7. The summed E-state index contributed by atoms with van der Waals surface area (Å²) in [5.74, 6) is -3.01. The number of hydrogen-bond donors (Lipinski definition) is 1. The minimum absolute atomic E-state index is 0.0415. The van der Waals surface area contributed by atoms with Crippen LogP contribution in [0.1, 0.15) is 32.3 Å². The first kappa shape index (κ1) is 17.1. The molecule has 1 aromatic carbocycles. The van der Waals surface area contributed by atoms with Gasteiger partial charge in [-0.15, -0.1) is 0 Å². The first-order chi connectivity index (χ1) is 9.79. The number of hydrogen-bond acceptors (Lipinski definition) is 2. The van der Waals surface area contributed by atoms with Crippen molar-refractivity contribution in [2.24, 2.45) is 5.92 Å². The van der Waals surface area contributed by atoms with Crippen molar-refractivity contribution in [2.75, 3.05) is 6.54 Å². The van der Waals surface area contributed by atoms with E-state index >= 15 is 0 Å². The van der Waals surface area contributed by atoms with Gasteiger partial charge in [0.2, 0.25) is 5.91 Å². The number of halogens is 2. The molecule has 116 valence electrons. The van der Waals surface area contributed by atoms with Crippen LogP contribution in [0.25, 0.3) is 0 Å². The summed E-state index contributed by atoms with van der Waals surface area (Å²) in [5.41, 5.74) is 0.427. The molecule has 1 amide bonds. The van der Waals surface area contributed by atoms with Gasteiger partial charge in [0, 0.05) is 19.5 Å². The molecule has 0 fully saturated rings. The van der Waals surface area contributed by atoms with Crippen LogP contribution in [-0.4, -0.2) is 28.4 Å². The predicted octanol–water partition coefficient (Wildman–Crippen LogP) is 2.81. The summed E-state index contributed by atoms with van der Waals surface area (Å²) in [7, 11) is 0. The highest BCUT2D eigenvalue weighted by molar-refractivity contribution is 5.77. The Morgan fingerprint density at radius 2 is 1.90 bits per heavy atom. The van der Waals surface area contributed by atoms with Gasteiger partial charge in [0.1, 0.15) is 0 Å². The highest BCUT2D eigenvalue weighted by Crippen LogP contribution is 2.13. The summed E-state index contributed by atoms with van der Waals surface area (Å²) >= 11 is 0. The Morgan fingerprint density at radius 3 is 2.43 bits per heavy atom. The number of amides is 1. The zero-order valence-corrected chi connectivity index (χ0v) is 12.1. The molecule has 0 heterocycles. The van der Waals surface area contributed by atoms with E-state index in [9.17, 15) is 18.4 Å². The second kappa shape index (κ2) is 7.71. The molecule has 1 aromatic rings. The molecule has 0 atom stereocenters. The lowest BCUT2D eigenvalue weighted by Crippen LogP contribution is -2.33. The van der Waals surface area contributed by atoms with Crippen molar-refractivity contribution in [3.63, 3.8) is 0 Å². The summed E-state index contributed by atoms with van der Waals surface area (Å²) in [4.78, 5) is 24.1. The van der Waals surface area contributed by atoms with Crippen LogP contribution in [0.4, 0.5) is 8.78 Å². The average molecular weight is 299 g/mol. The van der Waals surface area contributed by atoms with E-state index in [1.807, 2.05) is 13.8 Å². The van der Waals surface area contributed by atoms with E-state index in [4.69, 9.17) is 5.11 Å². The number of carbonyl (C=O) groups excluding carboxylic acids is 1. The monoisotopic (exact) mass is 299 g/mol. The third kappa shape index (κ3) is 5.89. The minimum atomic E-state index is -1.01. The Kier molecular flexibility index (Phi) is 6.27. The van der Waals surface area contributed by atoms with Crippen molar-refractivity contribution < 1.29 is 23.5 Å². The van der Waals surface area contributed by atoms with Crippen molar-refractivity contribution in [1.29, 1.82) is 0 Å². The normalized spacial score (nSPS) is 10.7. The summed E-state index contributed by atoms with van der Waals surface area (Å²) in [6, 6.07) is 3.40. The van der Waals surface area contributed by atoms with Gasteiger partial charge in [-0.1, -0.05) is 19.9 Å². The van der Waals surface area contributed by atoms with Crippen LogP contribution >= 0.6 is 0 Å². The first-order valence-electron chi connectivity index (χ1n) is 6.73. The van der Waals surface area contributed by atoms with Gasteiger partial charge >= 0.3 is 5.97 Å². The molecule has 0 aromatic heterocycles. The van der Waals surface area contributed by atoms with Crippen molar-refractivity contribution in [3.8, 4) is 0 Å². The molecule has 0 spiro atoms. The molecule has 0 saturated heterocycles. The number of carbonyl (C=O) groups is 2. The van der Waals surface area contributed by atoms with Crippen LogP contribution in [-0.2, 0) is 16.1 Å². The summed E-state index contributed by atoms with van der Waals surface area (Å²) in [6.07, 6.45) is 0.0941. The smallest absolute Gasteiger partial charge is 0.305 e. The molecule has 0 aliphatic heterocycles. The molecule has 0 saturated carbocycles. The lowest BCUT2D eigenvalue weighted by atomic mass is 10.1. The fourth-order valence-corrected chi connectivity index (χ4v) is 1.86. The molecule has 0 aliphatic rings. The molecule has 21 heavy (non-hydrogen) atoms. The zero-order valence-electron chi connectivity index (χ0n) is 12.1. The van der Waals surface area contributed by atoms with Crippen LogP contribution in [0.3, 0.4) is 0 Å².